The Hall–Kier alpha value is -0.160. The number of rotatable bonds is 1. The van der Waals surface area contributed by atoms with Gasteiger partial charge in [0.1, 0.15) is 0 Å². The Balaban J connectivity index is 1.72. The van der Waals surface area contributed by atoms with Gasteiger partial charge in [0.2, 0.25) is 0 Å². The minimum Gasteiger partial charge on any atom is -0.393 e. The molecule has 0 aliphatic heterocycles. The maximum atomic E-state index is 11.4. The molecule has 0 aromatic heterocycles. The van der Waals surface area contributed by atoms with Crippen LogP contribution < -0.4 is 0 Å². The zero-order valence-corrected chi connectivity index (χ0v) is 16.9. The lowest BCUT2D eigenvalue weighted by Crippen LogP contribution is -2.65. The molecular formula is C22H38O4. The van der Waals surface area contributed by atoms with Crippen LogP contribution in [0.1, 0.15) is 79.1 Å². The predicted octanol–water partition coefficient (Wildman–Crippen LogP) is 2.86. The van der Waals surface area contributed by atoms with Crippen LogP contribution in [-0.4, -0.2) is 44.3 Å². The van der Waals surface area contributed by atoms with E-state index in [0.29, 0.717) is 24.7 Å². The van der Waals surface area contributed by atoms with Crippen LogP contribution in [0.5, 0.6) is 0 Å². The van der Waals surface area contributed by atoms with Gasteiger partial charge in [0.05, 0.1) is 23.9 Å². The number of hydrogen-bond acceptors (Lipinski definition) is 4. The summed E-state index contributed by atoms with van der Waals surface area (Å²) in [5.74, 6) is 1.01. The summed E-state index contributed by atoms with van der Waals surface area (Å²) in [6.45, 7) is 8.50. The van der Waals surface area contributed by atoms with Crippen molar-refractivity contribution in [3.05, 3.63) is 0 Å². The van der Waals surface area contributed by atoms with Crippen LogP contribution in [0.2, 0.25) is 0 Å². The SMILES string of the molecule is CC(O)[C@@]1(O)CCC2C3CCC4(C)C[C@H](O)CCC4(C)C3C(O)CC21C. The maximum Gasteiger partial charge on any atom is 0.0959 e. The van der Waals surface area contributed by atoms with Crippen molar-refractivity contribution >= 4 is 0 Å². The summed E-state index contributed by atoms with van der Waals surface area (Å²) < 4.78 is 0. The van der Waals surface area contributed by atoms with E-state index < -0.39 is 23.2 Å². The van der Waals surface area contributed by atoms with Gasteiger partial charge >= 0.3 is 0 Å². The fourth-order valence-corrected chi connectivity index (χ4v) is 8.44. The molecule has 150 valence electrons. The minimum atomic E-state index is -1.09. The molecule has 4 saturated carbocycles. The Morgan fingerprint density at radius 1 is 0.885 bits per heavy atom. The molecule has 4 fully saturated rings. The monoisotopic (exact) mass is 366 g/mol. The highest BCUT2D eigenvalue weighted by molar-refractivity contribution is 5.18. The molecule has 0 saturated heterocycles. The lowest BCUT2D eigenvalue weighted by molar-refractivity contribution is -0.235. The topological polar surface area (TPSA) is 80.9 Å². The highest BCUT2D eigenvalue weighted by Gasteiger charge is 2.69. The first kappa shape index (κ1) is 19.2. The Bertz CT molecular complexity index is 578. The first-order valence-corrected chi connectivity index (χ1v) is 10.8. The van der Waals surface area contributed by atoms with Crippen molar-refractivity contribution in [2.45, 2.75) is 103 Å². The molecule has 4 N–H and O–H groups in total. The summed E-state index contributed by atoms with van der Waals surface area (Å²) in [5.41, 5.74) is -1.38. The fraction of sp³-hybridized carbons (Fsp3) is 1.00. The molecule has 0 radical (unpaired) electrons. The van der Waals surface area contributed by atoms with Crippen LogP contribution in [0.25, 0.3) is 0 Å². The van der Waals surface area contributed by atoms with E-state index in [1.54, 1.807) is 6.92 Å². The molecule has 4 nitrogen and oxygen atoms in total. The second-order valence-corrected chi connectivity index (χ2v) is 11.0. The Morgan fingerprint density at radius 2 is 1.58 bits per heavy atom. The van der Waals surface area contributed by atoms with Gasteiger partial charge in [-0.1, -0.05) is 20.8 Å². The molecule has 0 spiro atoms. The van der Waals surface area contributed by atoms with E-state index in [-0.39, 0.29) is 22.9 Å². The second-order valence-electron chi connectivity index (χ2n) is 11.0. The highest BCUT2D eigenvalue weighted by atomic mass is 16.3. The van der Waals surface area contributed by atoms with Crippen LogP contribution in [0.3, 0.4) is 0 Å². The smallest absolute Gasteiger partial charge is 0.0959 e. The third-order valence-corrected chi connectivity index (χ3v) is 10.2. The molecule has 4 rings (SSSR count). The minimum absolute atomic E-state index is 0.0431. The second kappa shape index (κ2) is 5.68. The quantitative estimate of drug-likeness (QED) is 0.575. The molecule has 4 aliphatic carbocycles. The number of aliphatic hydroxyl groups excluding tert-OH is 3. The lowest BCUT2D eigenvalue weighted by Gasteiger charge is -2.66. The molecular weight excluding hydrogens is 328 g/mol. The molecule has 0 amide bonds. The van der Waals surface area contributed by atoms with Crippen molar-refractivity contribution in [3.8, 4) is 0 Å². The Morgan fingerprint density at radius 3 is 2.23 bits per heavy atom. The molecule has 26 heavy (non-hydrogen) atoms. The van der Waals surface area contributed by atoms with E-state index in [2.05, 4.69) is 20.8 Å². The van der Waals surface area contributed by atoms with E-state index in [4.69, 9.17) is 0 Å². The van der Waals surface area contributed by atoms with E-state index in [1.807, 2.05) is 0 Å². The van der Waals surface area contributed by atoms with Crippen LogP contribution in [0.15, 0.2) is 0 Å². The first-order valence-electron chi connectivity index (χ1n) is 10.8. The standard InChI is InChI=1S/C22H38O4/c1-13(23)22(26)10-7-16-15-6-8-19(2)11-14(24)5-9-20(19,3)18(15)17(25)12-21(16,22)4/h13-18,23-26H,5-12H2,1-4H3/t13?,14-,15?,16?,17?,18?,19?,20?,21?,22+/m1/s1. The van der Waals surface area contributed by atoms with Crippen LogP contribution in [-0.2, 0) is 0 Å². The molecule has 8 unspecified atom stereocenters. The summed E-state index contributed by atoms with van der Waals surface area (Å²) in [6, 6.07) is 0. The lowest BCUT2D eigenvalue weighted by atomic mass is 9.39. The van der Waals surface area contributed by atoms with Crippen LogP contribution in [0.4, 0.5) is 0 Å². The first-order chi connectivity index (χ1) is 12.0. The number of hydrogen-bond donors (Lipinski definition) is 4. The zero-order valence-electron chi connectivity index (χ0n) is 16.9. The van der Waals surface area contributed by atoms with Gasteiger partial charge in [-0.2, -0.15) is 0 Å². The van der Waals surface area contributed by atoms with E-state index in [0.717, 1.165) is 38.5 Å². The number of aliphatic hydroxyl groups is 4. The van der Waals surface area contributed by atoms with E-state index in [9.17, 15) is 20.4 Å². The summed E-state index contributed by atoms with van der Waals surface area (Å²) in [7, 11) is 0. The normalized spacial score (nSPS) is 60.7. The zero-order chi connectivity index (χ0) is 19.1. The van der Waals surface area contributed by atoms with Crippen LogP contribution >= 0.6 is 0 Å². The average molecular weight is 367 g/mol. The molecule has 4 aliphatic rings. The van der Waals surface area contributed by atoms with Gasteiger partial charge in [0, 0.05) is 5.41 Å². The number of fused-ring (bicyclic) bond motifs is 5. The third kappa shape index (κ3) is 2.16. The summed E-state index contributed by atoms with van der Waals surface area (Å²) in [5, 5.41) is 43.3. The summed E-state index contributed by atoms with van der Waals surface area (Å²) in [4.78, 5) is 0. The molecule has 4 heteroatoms. The van der Waals surface area contributed by atoms with Crippen molar-refractivity contribution in [2.75, 3.05) is 0 Å². The van der Waals surface area contributed by atoms with Gasteiger partial charge in [-0.05, 0) is 86.9 Å². The summed E-state index contributed by atoms with van der Waals surface area (Å²) in [6.07, 6.45) is 5.56. The molecule has 10 atom stereocenters. The Kier molecular flexibility index (Phi) is 4.19. The van der Waals surface area contributed by atoms with Gasteiger partial charge in [-0.3, -0.25) is 0 Å². The van der Waals surface area contributed by atoms with Crippen molar-refractivity contribution in [2.24, 2.45) is 34.0 Å². The van der Waals surface area contributed by atoms with Crippen molar-refractivity contribution in [1.82, 2.24) is 0 Å². The molecule has 0 aromatic carbocycles. The molecule has 0 aromatic rings. The van der Waals surface area contributed by atoms with Gasteiger partial charge in [0.15, 0.2) is 0 Å². The van der Waals surface area contributed by atoms with Crippen molar-refractivity contribution in [3.63, 3.8) is 0 Å². The van der Waals surface area contributed by atoms with Crippen molar-refractivity contribution < 1.29 is 20.4 Å². The summed E-state index contributed by atoms with van der Waals surface area (Å²) >= 11 is 0. The third-order valence-electron chi connectivity index (χ3n) is 10.2. The van der Waals surface area contributed by atoms with E-state index >= 15 is 0 Å². The fourth-order valence-electron chi connectivity index (χ4n) is 8.44. The highest BCUT2D eigenvalue weighted by Crippen LogP contribution is 2.71. The average Bonchev–Trinajstić information content (AvgIpc) is 2.81. The van der Waals surface area contributed by atoms with Gasteiger partial charge in [0.25, 0.3) is 0 Å². The molecule has 0 heterocycles. The molecule has 0 bridgehead atoms. The van der Waals surface area contributed by atoms with Gasteiger partial charge in [-0.25, -0.2) is 0 Å². The van der Waals surface area contributed by atoms with Crippen LogP contribution in [0, 0.1) is 34.0 Å². The Labute approximate surface area is 158 Å². The predicted molar refractivity (Wildman–Crippen MR) is 100 cm³/mol. The largest absolute Gasteiger partial charge is 0.393 e. The van der Waals surface area contributed by atoms with Gasteiger partial charge in [-0.15, -0.1) is 0 Å². The van der Waals surface area contributed by atoms with Gasteiger partial charge < -0.3 is 20.4 Å². The maximum absolute atomic E-state index is 11.4. The van der Waals surface area contributed by atoms with E-state index in [1.165, 1.54) is 0 Å². The van der Waals surface area contributed by atoms with Crippen molar-refractivity contribution in [1.29, 1.82) is 0 Å².